The molecule has 39 heavy (non-hydrogen) atoms. The number of rotatable bonds is 6. The predicted octanol–water partition coefficient (Wildman–Crippen LogP) is 1.80. The summed E-state index contributed by atoms with van der Waals surface area (Å²) in [5.74, 6) is 1.62. The van der Waals surface area contributed by atoms with E-state index < -0.39 is 0 Å². The molecule has 2 aliphatic rings. The van der Waals surface area contributed by atoms with E-state index in [9.17, 15) is 9.59 Å². The maximum atomic E-state index is 13.1. The summed E-state index contributed by atoms with van der Waals surface area (Å²) in [7, 11) is 0. The summed E-state index contributed by atoms with van der Waals surface area (Å²) in [4.78, 5) is 29.5. The maximum Gasteiger partial charge on any atom is 0.251 e. The van der Waals surface area contributed by atoms with Crippen LogP contribution in [0.2, 0.25) is 0 Å². The third kappa shape index (κ3) is 4.89. The average Bonchev–Trinajstić information content (AvgIpc) is 3.45. The first kappa shape index (κ1) is 25.2. The van der Waals surface area contributed by atoms with Gasteiger partial charge < -0.3 is 10.2 Å². The largest absolute Gasteiger partial charge is 0.352 e. The van der Waals surface area contributed by atoms with Crippen molar-refractivity contribution in [3.63, 3.8) is 0 Å². The zero-order valence-corrected chi connectivity index (χ0v) is 22.6. The first-order valence-corrected chi connectivity index (χ1v) is 13.5. The molecule has 0 atom stereocenters. The van der Waals surface area contributed by atoms with E-state index in [0.717, 1.165) is 73.0 Å². The van der Waals surface area contributed by atoms with E-state index in [1.165, 1.54) is 5.56 Å². The standard InChI is InChI=1S/C28H33N9O2/c1-18-23(19(2)36(32-18)26-8-7-25-31-30-20(3)37(25)33-26)6-9-27(38)35-14-12-34(13-15-35)17-21-4-5-24-22(16-21)10-11-29-28(24)39/h4-5,7-8,16H,6,9-15,17H2,1-3H3,(H,29,39). The second-order valence-corrected chi connectivity index (χ2v) is 10.4. The van der Waals surface area contributed by atoms with Gasteiger partial charge in [0.05, 0.1) is 5.69 Å². The molecule has 0 aliphatic carbocycles. The Morgan fingerprint density at radius 2 is 1.82 bits per heavy atom. The van der Waals surface area contributed by atoms with Crippen molar-refractivity contribution in [1.29, 1.82) is 0 Å². The van der Waals surface area contributed by atoms with Gasteiger partial charge in [0.2, 0.25) is 5.91 Å². The Bertz CT molecular complexity index is 1560. The molecule has 6 rings (SSSR count). The molecule has 11 heteroatoms. The van der Waals surface area contributed by atoms with Crippen molar-refractivity contribution < 1.29 is 9.59 Å². The Balaban J connectivity index is 1.04. The molecule has 1 fully saturated rings. The summed E-state index contributed by atoms with van der Waals surface area (Å²) in [6, 6.07) is 9.92. The van der Waals surface area contributed by atoms with E-state index in [1.54, 1.807) is 4.52 Å². The molecular formula is C28H33N9O2. The molecule has 0 saturated carbocycles. The first-order chi connectivity index (χ1) is 18.9. The number of carbonyl (C=O) groups is 2. The van der Waals surface area contributed by atoms with Crippen molar-refractivity contribution in [2.75, 3.05) is 32.7 Å². The highest BCUT2D eigenvalue weighted by Crippen LogP contribution is 2.21. The van der Waals surface area contributed by atoms with Crippen molar-refractivity contribution in [3.8, 4) is 5.82 Å². The van der Waals surface area contributed by atoms with E-state index >= 15 is 0 Å². The molecule has 2 aliphatic heterocycles. The van der Waals surface area contributed by atoms with Gasteiger partial charge in [-0.3, -0.25) is 14.5 Å². The molecule has 0 bridgehead atoms. The molecule has 1 N–H and O–H groups in total. The molecule has 1 aromatic carbocycles. The predicted molar refractivity (Wildman–Crippen MR) is 145 cm³/mol. The lowest BCUT2D eigenvalue weighted by molar-refractivity contribution is -0.133. The smallest absolute Gasteiger partial charge is 0.251 e. The summed E-state index contributed by atoms with van der Waals surface area (Å²) < 4.78 is 3.54. The highest BCUT2D eigenvalue weighted by atomic mass is 16.2. The molecule has 0 radical (unpaired) electrons. The van der Waals surface area contributed by atoms with E-state index in [-0.39, 0.29) is 11.8 Å². The Morgan fingerprint density at radius 1 is 1.00 bits per heavy atom. The van der Waals surface area contributed by atoms with Crippen LogP contribution in [0.15, 0.2) is 30.3 Å². The van der Waals surface area contributed by atoms with Gasteiger partial charge in [-0.1, -0.05) is 12.1 Å². The first-order valence-electron chi connectivity index (χ1n) is 13.5. The average molecular weight is 528 g/mol. The lowest BCUT2D eigenvalue weighted by Crippen LogP contribution is -2.48. The molecule has 0 spiro atoms. The molecule has 11 nitrogen and oxygen atoms in total. The van der Waals surface area contributed by atoms with Crippen molar-refractivity contribution in [1.82, 2.24) is 44.7 Å². The van der Waals surface area contributed by atoms with Crippen LogP contribution >= 0.6 is 0 Å². The summed E-state index contributed by atoms with van der Waals surface area (Å²) in [6.07, 6.45) is 1.98. The van der Waals surface area contributed by atoms with E-state index in [4.69, 9.17) is 5.10 Å². The number of hydrogen-bond donors (Lipinski definition) is 1. The number of fused-ring (bicyclic) bond motifs is 2. The Hall–Kier alpha value is -4.12. The van der Waals surface area contributed by atoms with Crippen LogP contribution in [0.5, 0.6) is 0 Å². The van der Waals surface area contributed by atoms with Crippen LogP contribution in [0, 0.1) is 20.8 Å². The number of aromatic nitrogens is 6. The minimum Gasteiger partial charge on any atom is -0.352 e. The highest BCUT2D eigenvalue weighted by Gasteiger charge is 2.23. The monoisotopic (exact) mass is 527 g/mol. The molecule has 5 heterocycles. The van der Waals surface area contributed by atoms with Crippen molar-refractivity contribution >= 4 is 17.5 Å². The number of hydrogen-bond acceptors (Lipinski definition) is 7. The molecular weight excluding hydrogens is 494 g/mol. The fourth-order valence-electron chi connectivity index (χ4n) is 5.64. The zero-order chi connectivity index (χ0) is 27.1. The van der Waals surface area contributed by atoms with E-state index in [0.29, 0.717) is 30.9 Å². The fourth-order valence-corrected chi connectivity index (χ4v) is 5.64. The molecule has 4 aromatic rings. The Kier molecular flexibility index (Phi) is 6.59. The SMILES string of the molecule is Cc1nn(-c2ccc3nnc(C)n3n2)c(C)c1CCC(=O)N1CCN(Cc2ccc3c(c2)CCNC3=O)CC1. The lowest BCUT2D eigenvalue weighted by atomic mass is 9.97. The lowest BCUT2D eigenvalue weighted by Gasteiger charge is -2.35. The normalized spacial score (nSPS) is 16.0. The van der Waals surface area contributed by atoms with Crippen LogP contribution in [-0.4, -0.2) is 83.9 Å². The molecule has 202 valence electrons. The molecule has 1 saturated heterocycles. The summed E-state index contributed by atoms with van der Waals surface area (Å²) in [6.45, 7) is 10.6. The number of amides is 2. The molecule has 2 amide bonds. The van der Waals surface area contributed by atoms with Crippen molar-refractivity contribution in [2.24, 2.45) is 0 Å². The van der Waals surface area contributed by atoms with E-state index in [1.807, 2.05) is 54.6 Å². The quantitative estimate of drug-likeness (QED) is 0.407. The van der Waals surface area contributed by atoms with Gasteiger partial charge in [-0.05, 0) is 68.5 Å². The van der Waals surface area contributed by atoms with Gasteiger partial charge in [-0.15, -0.1) is 15.3 Å². The minimum atomic E-state index is 0.0212. The maximum absolute atomic E-state index is 13.1. The topological polar surface area (TPSA) is 114 Å². The number of benzene rings is 1. The number of piperazine rings is 1. The second-order valence-electron chi connectivity index (χ2n) is 10.4. The summed E-state index contributed by atoms with van der Waals surface area (Å²) in [5.41, 5.74) is 6.83. The van der Waals surface area contributed by atoms with Gasteiger partial charge in [0.1, 0.15) is 0 Å². The number of nitrogens with zero attached hydrogens (tertiary/aromatic N) is 8. The van der Waals surface area contributed by atoms with Crippen LogP contribution in [0.25, 0.3) is 11.5 Å². The Morgan fingerprint density at radius 3 is 2.64 bits per heavy atom. The van der Waals surface area contributed by atoms with Crippen molar-refractivity contribution in [2.45, 2.75) is 46.6 Å². The third-order valence-corrected chi connectivity index (χ3v) is 7.88. The molecule has 3 aromatic heterocycles. The van der Waals surface area contributed by atoms with Gasteiger partial charge >= 0.3 is 0 Å². The van der Waals surface area contributed by atoms with Gasteiger partial charge in [0, 0.05) is 56.9 Å². The fraction of sp³-hybridized carbons (Fsp3) is 0.429. The van der Waals surface area contributed by atoms with E-state index in [2.05, 4.69) is 31.6 Å². The second kappa shape index (κ2) is 10.2. The number of nitrogens with one attached hydrogen (secondary N) is 1. The highest BCUT2D eigenvalue weighted by molar-refractivity contribution is 5.96. The molecule has 0 unspecified atom stereocenters. The summed E-state index contributed by atoms with van der Waals surface area (Å²) in [5, 5.41) is 20.4. The van der Waals surface area contributed by atoms with Crippen LogP contribution in [0.4, 0.5) is 0 Å². The van der Waals surface area contributed by atoms with Gasteiger partial charge in [-0.25, -0.2) is 4.68 Å². The van der Waals surface area contributed by atoms with Crippen molar-refractivity contribution in [3.05, 3.63) is 69.8 Å². The van der Waals surface area contributed by atoms with Crippen LogP contribution in [-0.2, 0) is 24.2 Å². The number of carbonyl (C=O) groups excluding carboxylic acids is 2. The van der Waals surface area contributed by atoms with Crippen LogP contribution < -0.4 is 5.32 Å². The van der Waals surface area contributed by atoms with Crippen LogP contribution in [0.1, 0.15) is 50.7 Å². The van der Waals surface area contributed by atoms with Gasteiger partial charge in [-0.2, -0.15) is 9.61 Å². The van der Waals surface area contributed by atoms with Gasteiger partial charge in [0.25, 0.3) is 5.91 Å². The van der Waals surface area contributed by atoms with Crippen LogP contribution in [0.3, 0.4) is 0 Å². The summed E-state index contributed by atoms with van der Waals surface area (Å²) >= 11 is 0. The minimum absolute atomic E-state index is 0.0212. The van der Waals surface area contributed by atoms with Gasteiger partial charge in [0.15, 0.2) is 17.3 Å². The third-order valence-electron chi connectivity index (χ3n) is 7.88. The number of aryl methyl sites for hydroxylation is 2. The zero-order valence-electron chi connectivity index (χ0n) is 22.6. The Labute approximate surface area is 226 Å².